The maximum atomic E-state index is 12.7. The van der Waals surface area contributed by atoms with Crippen molar-refractivity contribution in [3.05, 3.63) is 29.8 Å². The molecular formula is C23H33N3O5S. The van der Waals surface area contributed by atoms with E-state index in [1.807, 2.05) is 24.3 Å². The Morgan fingerprint density at radius 3 is 2.53 bits per heavy atom. The predicted octanol–water partition coefficient (Wildman–Crippen LogP) is 2.88. The lowest BCUT2D eigenvalue weighted by Crippen LogP contribution is -2.44. The van der Waals surface area contributed by atoms with E-state index in [2.05, 4.69) is 10.0 Å². The number of unbranched alkanes of at least 4 members (excludes halogenated alkanes) is 2. The van der Waals surface area contributed by atoms with Crippen LogP contribution in [-0.4, -0.2) is 49.7 Å². The Morgan fingerprint density at radius 1 is 1.16 bits per heavy atom. The van der Waals surface area contributed by atoms with E-state index in [0.717, 1.165) is 30.8 Å². The lowest BCUT2D eigenvalue weighted by Gasteiger charge is -2.27. The second-order valence-electron chi connectivity index (χ2n) is 9.82. The molecule has 2 aliphatic carbocycles. The minimum atomic E-state index is -3.43. The number of benzene rings is 1. The first-order valence-corrected chi connectivity index (χ1v) is 13.1. The summed E-state index contributed by atoms with van der Waals surface area (Å²) in [4.78, 5) is 25.2. The lowest BCUT2D eigenvalue weighted by atomic mass is 10.0. The fraction of sp³-hybridized carbons (Fsp3) is 0.652. The molecular weight excluding hydrogens is 430 g/mol. The van der Waals surface area contributed by atoms with Gasteiger partial charge in [-0.15, -0.1) is 0 Å². The van der Waals surface area contributed by atoms with Crippen molar-refractivity contribution in [3.63, 3.8) is 0 Å². The summed E-state index contributed by atoms with van der Waals surface area (Å²) in [5, 5.41) is 2.32. The first-order valence-electron chi connectivity index (χ1n) is 11.5. The van der Waals surface area contributed by atoms with Crippen LogP contribution < -0.4 is 14.8 Å². The highest BCUT2D eigenvalue weighted by Crippen LogP contribution is 2.47. The summed E-state index contributed by atoms with van der Waals surface area (Å²) in [5.74, 6) is 1.21. The quantitative estimate of drug-likeness (QED) is 0.366. The van der Waals surface area contributed by atoms with Gasteiger partial charge in [0.1, 0.15) is 11.3 Å². The monoisotopic (exact) mass is 463 g/mol. The fourth-order valence-corrected chi connectivity index (χ4v) is 5.72. The van der Waals surface area contributed by atoms with Gasteiger partial charge in [-0.1, -0.05) is 18.6 Å². The van der Waals surface area contributed by atoms with Gasteiger partial charge in [-0.2, -0.15) is 0 Å². The van der Waals surface area contributed by atoms with E-state index in [-0.39, 0.29) is 17.7 Å². The van der Waals surface area contributed by atoms with Crippen LogP contribution in [0.15, 0.2) is 24.3 Å². The van der Waals surface area contributed by atoms with Gasteiger partial charge in [0.05, 0.1) is 17.9 Å². The van der Waals surface area contributed by atoms with Crippen LogP contribution >= 0.6 is 0 Å². The van der Waals surface area contributed by atoms with E-state index in [1.54, 1.807) is 13.8 Å². The molecule has 1 aliphatic heterocycles. The van der Waals surface area contributed by atoms with E-state index in [1.165, 1.54) is 17.7 Å². The maximum Gasteiger partial charge on any atom is 0.324 e. The molecule has 176 valence electrons. The predicted molar refractivity (Wildman–Crippen MR) is 121 cm³/mol. The minimum absolute atomic E-state index is 0.0428. The van der Waals surface area contributed by atoms with Crippen LogP contribution in [-0.2, 0) is 20.4 Å². The largest absolute Gasteiger partial charge is 0.493 e. The smallest absolute Gasteiger partial charge is 0.324 e. The van der Waals surface area contributed by atoms with Crippen molar-refractivity contribution in [2.24, 2.45) is 5.92 Å². The standard InChI is InChI=1S/C23H33N3O5S/c1-22(2)20(27)24-21(28)26(22)13-4-3-5-14-32(29,30)25-23(11-12-23)18-7-6-8-19(15-18)31-16-17-9-10-17/h6-8,15,17,25H,3-5,9-14,16H2,1-2H3,(H,24,27,28). The van der Waals surface area contributed by atoms with Gasteiger partial charge in [-0.3, -0.25) is 10.1 Å². The molecule has 0 spiro atoms. The number of carbonyl (C=O) groups excluding carboxylic acids is 2. The molecule has 3 amide bonds. The van der Waals surface area contributed by atoms with Crippen LogP contribution in [0.2, 0.25) is 0 Å². The Labute approximate surface area is 190 Å². The van der Waals surface area contributed by atoms with E-state index in [4.69, 9.17) is 4.74 Å². The summed E-state index contributed by atoms with van der Waals surface area (Å²) in [6, 6.07) is 7.39. The topological polar surface area (TPSA) is 105 Å². The van der Waals surface area contributed by atoms with Gasteiger partial charge in [-0.05, 0) is 76.0 Å². The second-order valence-corrected chi connectivity index (χ2v) is 11.7. The van der Waals surface area contributed by atoms with Gasteiger partial charge in [0.2, 0.25) is 10.0 Å². The molecule has 1 aromatic rings. The normalized spacial score (nSPS) is 21.5. The fourth-order valence-electron chi connectivity index (χ4n) is 4.12. The van der Waals surface area contributed by atoms with Crippen molar-refractivity contribution in [2.75, 3.05) is 18.9 Å². The second kappa shape index (κ2) is 8.67. The van der Waals surface area contributed by atoms with Gasteiger partial charge in [0.25, 0.3) is 5.91 Å². The first kappa shape index (κ1) is 23.0. The molecule has 9 heteroatoms. The molecule has 1 aromatic carbocycles. The number of ether oxygens (including phenoxy) is 1. The van der Waals surface area contributed by atoms with Crippen LogP contribution in [0.5, 0.6) is 5.75 Å². The van der Waals surface area contributed by atoms with Crippen molar-refractivity contribution < 1.29 is 22.7 Å². The van der Waals surface area contributed by atoms with Crippen molar-refractivity contribution in [1.82, 2.24) is 14.9 Å². The summed E-state index contributed by atoms with van der Waals surface area (Å²) >= 11 is 0. The molecule has 2 saturated carbocycles. The molecule has 1 heterocycles. The van der Waals surface area contributed by atoms with Gasteiger partial charge in [0, 0.05) is 6.54 Å². The van der Waals surface area contributed by atoms with Crippen molar-refractivity contribution in [3.8, 4) is 5.75 Å². The van der Waals surface area contributed by atoms with Crippen molar-refractivity contribution in [1.29, 1.82) is 0 Å². The lowest BCUT2D eigenvalue weighted by molar-refractivity contribution is -0.125. The van der Waals surface area contributed by atoms with E-state index in [0.29, 0.717) is 31.7 Å². The Balaban J connectivity index is 1.24. The maximum absolute atomic E-state index is 12.7. The highest BCUT2D eigenvalue weighted by Gasteiger charge is 2.47. The molecule has 8 nitrogen and oxygen atoms in total. The highest BCUT2D eigenvalue weighted by atomic mass is 32.2. The van der Waals surface area contributed by atoms with E-state index < -0.39 is 21.1 Å². The van der Waals surface area contributed by atoms with E-state index >= 15 is 0 Å². The van der Waals surface area contributed by atoms with Crippen LogP contribution in [0.3, 0.4) is 0 Å². The zero-order valence-corrected chi connectivity index (χ0v) is 19.7. The Hall–Kier alpha value is -2.13. The first-order chi connectivity index (χ1) is 15.1. The molecule has 0 atom stereocenters. The average Bonchev–Trinajstić information content (AvgIpc) is 3.64. The Morgan fingerprint density at radius 2 is 1.91 bits per heavy atom. The van der Waals surface area contributed by atoms with Gasteiger partial charge in [0.15, 0.2) is 0 Å². The number of nitrogens with zero attached hydrogens (tertiary/aromatic N) is 1. The number of nitrogens with one attached hydrogen (secondary N) is 2. The third-order valence-corrected chi connectivity index (χ3v) is 8.19. The minimum Gasteiger partial charge on any atom is -0.493 e. The molecule has 1 saturated heterocycles. The zero-order chi connectivity index (χ0) is 23.0. The molecule has 3 aliphatic rings. The number of urea groups is 1. The number of sulfonamides is 1. The molecule has 0 radical (unpaired) electrons. The molecule has 0 unspecified atom stereocenters. The summed E-state index contributed by atoms with van der Waals surface area (Å²) in [6.07, 6.45) is 5.82. The van der Waals surface area contributed by atoms with Gasteiger partial charge < -0.3 is 9.64 Å². The number of hydrogen-bond donors (Lipinski definition) is 2. The van der Waals surface area contributed by atoms with Crippen molar-refractivity contribution >= 4 is 22.0 Å². The Kier molecular flexibility index (Phi) is 6.24. The molecule has 4 rings (SSSR count). The van der Waals surface area contributed by atoms with Crippen LogP contribution in [0, 0.1) is 5.92 Å². The molecule has 2 N–H and O–H groups in total. The van der Waals surface area contributed by atoms with Crippen LogP contribution in [0.4, 0.5) is 4.79 Å². The molecule has 3 fully saturated rings. The van der Waals surface area contributed by atoms with Gasteiger partial charge in [-0.25, -0.2) is 17.9 Å². The molecule has 32 heavy (non-hydrogen) atoms. The van der Waals surface area contributed by atoms with Crippen LogP contribution in [0.1, 0.15) is 64.4 Å². The number of amides is 3. The summed E-state index contributed by atoms with van der Waals surface area (Å²) in [6.45, 7) is 4.58. The Bertz CT molecular complexity index is 983. The zero-order valence-electron chi connectivity index (χ0n) is 18.9. The number of imide groups is 1. The van der Waals surface area contributed by atoms with Gasteiger partial charge >= 0.3 is 6.03 Å². The van der Waals surface area contributed by atoms with Crippen molar-refractivity contribution in [2.45, 2.75) is 69.9 Å². The summed E-state index contributed by atoms with van der Waals surface area (Å²) in [7, 11) is -3.43. The number of carbonyl (C=O) groups is 2. The summed E-state index contributed by atoms with van der Waals surface area (Å²) < 4.78 is 34.2. The third kappa shape index (κ3) is 5.26. The molecule has 0 aromatic heterocycles. The average molecular weight is 464 g/mol. The van der Waals surface area contributed by atoms with Crippen LogP contribution in [0.25, 0.3) is 0 Å². The highest BCUT2D eigenvalue weighted by molar-refractivity contribution is 7.89. The third-order valence-electron chi connectivity index (χ3n) is 6.66. The van der Waals surface area contributed by atoms with E-state index in [9.17, 15) is 18.0 Å². The molecule has 0 bridgehead atoms. The SMILES string of the molecule is CC1(C)C(=O)NC(=O)N1CCCCCS(=O)(=O)NC1(c2cccc(OCC3CC3)c2)CC1. The summed E-state index contributed by atoms with van der Waals surface area (Å²) in [5.41, 5.74) is -0.420. The number of rotatable bonds is 12. The number of hydrogen-bond acceptors (Lipinski definition) is 5.